The first-order valence-electron chi connectivity index (χ1n) is 18.2. The van der Waals surface area contributed by atoms with Gasteiger partial charge in [0, 0.05) is 0 Å². The molecule has 10 rings (SSSR count). The van der Waals surface area contributed by atoms with E-state index in [1.807, 2.05) is 15.4 Å². The van der Waals surface area contributed by atoms with Crippen LogP contribution in [0.4, 0.5) is 0 Å². The molecule has 2 atom stereocenters. The van der Waals surface area contributed by atoms with Gasteiger partial charge in [-0.3, -0.25) is 6.08 Å². The minimum absolute atomic E-state index is 0. The third-order valence-electron chi connectivity index (χ3n) is 15.4. The van der Waals surface area contributed by atoms with Gasteiger partial charge in [-0.25, -0.2) is 18.1 Å². The Labute approximate surface area is 314 Å². The fourth-order valence-electron chi connectivity index (χ4n) is 11.6. The molecule has 252 valence electrons. The molecule has 0 aliphatic heterocycles. The molecule has 5 fully saturated rings. The van der Waals surface area contributed by atoms with E-state index in [-0.39, 0.29) is 46.5 Å². The summed E-state index contributed by atoms with van der Waals surface area (Å²) in [6, 6.07) is 9.16. The summed E-state index contributed by atoms with van der Waals surface area (Å²) < 4.78 is 2.01. The van der Waals surface area contributed by atoms with Gasteiger partial charge in [0.2, 0.25) is 0 Å². The van der Waals surface area contributed by atoms with E-state index < -0.39 is 0 Å². The van der Waals surface area contributed by atoms with E-state index in [2.05, 4.69) is 104 Å². The molecule has 0 amide bonds. The molecule has 4 bridgehead atoms. The van der Waals surface area contributed by atoms with Gasteiger partial charge in [0.15, 0.2) is 0 Å². The average molecular weight is 834 g/mol. The van der Waals surface area contributed by atoms with Crippen molar-refractivity contribution in [3.8, 4) is 0 Å². The second kappa shape index (κ2) is 13.3. The van der Waals surface area contributed by atoms with Crippen LogP contribution in [-0.4, -0.2) is 3.26 Å². The maximum atomic E-state index is 2.99. The molecule has 9 aliphatic rings. The van der Waals surface area contributed by atoms with E-state index in [4.69, 9.17) is 0 Å². The summed E-state index contributed by atoms with van der Waals surface area (Å²) in [5.41, 5.74) is 10.3. The Morgan fingerprint density at radius 2 is 1.47 bits per heavy atom. The molecule has 0 aromatic heterocycles. The van der Waals surface area contributed by atoms with Gasteiger partial charge in [-0.1, -0.05) is 113 Å². The van der Waals surface area contributed by atoms with Crippen molar-refractivity contribution in [3.05, 3.63) is 94.5 Å². The molecule has 0 spiro atoms. The van der Waals surface area contributed by atoms with Gasteiger partial charge < -0.3 is 24.8 Å². The van der Waals surface area contributed by atoms with Crippen LogP contribution in [0.25, 0.3) is 5.57 Å². The first-order chi connectivity index (χ1) is 21.3. The first-order valence-corrected chi connectivity index (χ1v) is 20.0. The summed E-state index contributed by atoms with van der Waals surface area (Å²) >= 11 is 1.41. The third kappa shape index (κ3) is 5.53. The van der Waals surface area contributed by atoms with Gasteiger partial charge >= 0.3 is 82.9 Å². The number of hydrogen-bond acceptors (Lipinski definition) is 0. The zero-order valence-electron chi connectivity index (χ0n) is 30.2. The summed E-state index contributed by atoms with van der Waals surface area (Å²) in [4.78, 5) is 0. The van der Waals surface area contributed by atoms with Crippen molar-refractivity contribution < 1.29 is 48.7 Å². The van der Waals surface area contributed by atoms with E-state index in [1.54, 1.807) is 60.3 Å². The molecule has 0 nitrogen and oxygen atoms in total. The van der Waals surface area contributed by atoms with Gasteiger partial charge in [-0.2, -0.15) is 17.2 Å². The second-order valence-electron chi connectivity index (χ2n) is 17.5. The maximum absolute atomic E-state index is 2.99. The van der Waals surface area contributed by atoms with Crippen molar-refractivity contribution in [1.29, 1.82) is 0 Å². The molecular formula is C44H56Cl2Hf-2. The summed E-state index contributed by atoms with van der Waals surface area (Å²) in [5.74, 6) is 6.81. The molecular weight excluding hydrogens is 778 g/mol. The molecule has 1 aromatic carbocycles. The van der Waals surface area contributed by atoms with Crippen molar-refractivity contribution in [2.75, 3.05) is 0 Å². The Morgan fingerprint density at radius 1 is 0.830 bits per heavy atom. The molecule has 1 aromatic rings. The summed E-state index contributed by atoms with van der Waals surface area (Å²) in [5, 5.41) is 0. The Balaban J connectivity index is 0.000000197. The Bertz CT molecular complexity index is 1500. The van der Waals surface area contributed by atoms with Crippen molar-refractivity contribution in [1.82, 2.24) is 0 Å². The Hall–Kier alpha value is -0.890. The molecule has 2 unspecified atom stereocenters. The number of rotatable bonds is 0. The zero-order valence-corrected chi connectivity index (χ0v) is 35.3. The molecule has 5 saturated carbocycles. The van der Waals surface area contributed by atoms with E-state index in [1.165, 1.54) is 47.9 Å². The number of benzene rings is 1. The van der Waals surface area contributed by atoms with E-state index in [0.29, 0.717) is 5.92 Å². The van der Waals surface area contributed by atoms with Gasteiger partial charge in [0.25, 0.3) is 0 Å². The third-order valence-corrected chi connectivity index (χ3v) is 18.3. The zero-order chi connectivity index (χ0) is 31.9. The van der Waals surface area contributed by atoms with Crippen LogP contribution in [0.2, 0.25) is 0 Å². The normalized spacial score (nSPS) is 35.0. The van der Waals surface area contributed by atoms with Crippen LogP contribution >= 0.6 is 0 Å². The number of hydrogen-bond donors (Lipinski definition) is 0. The topological polar surface area (TPSA) is 0 Å². The van der Waals surface area contributed by atoms with Crippen molar-refractivity contribution >= 4 is 8.83 Å². The predicted octanol–water partition coefficient (Wildman–Crippen LogP) is 5.44. The fraction of sp³-hybridized carbons (Fsp3) is 0.591. The number of allylic oxidation sites excluding steroid dienone is 10. The number of fused-ring (bicyclic) bond motifs is 6. The monoisotopic (exact) mass is 834 g/mol. The molecule has 3 heteroatoms. The summed E-state index contributed by atoms with van der Waals surface area (Å²) in [6.45, 7) is 20.3. The molecule has 0 N–H and O–H groups in total. The van der Waals surface area contributed by atoms with Crippen LogP contribution in [0.15, 0.2) is 71.4 Å². The molecule has 9 aliphatic carbocycles. The van der Waals surface area contributed by atoms with E-state index in [0.717, 1.165) is 36.5 Å². The second-order valence-corrected chi connectivity index (χ2v) is 19.6. The molecule has 0 saturated heterocycles. The Kier molecular flexibility index (Phi) is 10.6. The van der Waals surface area contributed by atoms with Gasteiger partial charge in [-0.15, -0.1) is 13.3 Å². The predicted molar refractivity (Wildman–Crippen MR) is 188 cm³/mol. The quantitative estimate of drug-likeness (QED) is 0.242. The SMILES string of the molecule is C[C-]1C2=C3Cc4ccccc4C3=C3C=CCCC3C2(C)C(C)(C)C(C)(C)C1(C)C.[C-]1=CC=CC1.[Cl-].[Cl-].[Hf+2]=[C]1C2CC3CC(C2)CC1C3. The standard InChI is InChI=1S/C29H37.C10H14.C5H5.2ClH.Hf/c1-18-25-22-17-19-13-9-10-14-20(19)24(22)21-15-11-12-16-23(21)29(25,8)28(6,7)27(4,5)26(18,2)3;1-7-2-9-4-8(1)5-10(3-7)6-9;1-2-4-5-3-1;;;/h9-11,13-15,23H,12,16-17H2,1-8H3;7-10H,1-5H2;1-3H,4H2;2*1H;/q-1;;-1;;;+2/p-2. The van der Waals surface area contributed by atoms with Gasteiger partial charge in [0.1, 0.15) is 0 Å². The molecule has 0 heterocycles. The van der Waals surface area contributed by atoms with Crippen LogP contribution in [0.5, 0.6) is 0 Å². The Morgan fingerprint density at radius 3 is 2.04 bits per heavy atom. The van der Waals surface area contributed by atoms with E-state index in [9.17, 15) is 0 Å². The first kappa shape index (κ1) is 37.4. The van der Waals surface area contributed by atoms with Crippen LogP contribution in [0.3, 0.4) is 0 Å². The number of halogens is 2. The minimum atomic E-state index is 0. The van der Waals surface area contributed by atoms with Crippen LogP contribution in [-0.2, 0) is 30.3 Å². The van der Waals surface area contributed by atoms with Gasteiger partial charge in [0.05, 0.1) is 0 Å². The molecule has 47 heavy (non-hydrogen) atoms. The van der Waals surface area contributed by atoms with Gasteiger partial charge in [-0.05, 0) is 40.6 Å². The van der Waals surface area contributed by atoms with E-state index >= 15 is 0 Å². The summed E-state index contributed by atoms with van der Waals surface area (Å²) in [7, 11) is 0. The van der Waals surface area contributed by atoms with Crippen LogP contribution < -0.4 is 24.8 Å². The fourth-order valence-corrected chi connectivity index (χ4v) is 13.3. The van der Waals surface area contributed by atoms with Crippen molar-refractivity contribution in [2.24, 2.45) is 51.2 Å². The van der Waals surface area contributed by atoms with Crippen LogP contribution in [0.1, 0.15) is 118 Å². The average Bonchev–Trinajstić information content (AvgIpc) is 3.71. The van der Waals surface area contributed by atoms with Crippen molar-refractivity contribution in [2.45, 2.75) is 113 Å². The van der Waals surface area contributed by atoms with Crippen molar-refractivity contribution in [3.63, 3.8) is 0 Å². The molecule has 0 radical (unpaired) electrons. The summed E-state index contributed by atoms with van der Waals surface area (Å²) in [6.07, 6.45) is 26.5. The van der Waals surface area contributed by atoms with Crippen LogP contribution in [0, 0.1) is 63.2 Å².